The van der Waals surface area contributed by atoms with E-state index in [1.54, 1.807) is 18.3 Å². The zero-order chi connectivity index (χ0) is 10.8. The summed E-state index contributed by atoms with van der Waals surface area (Å²) < 4.78 is 5.45. The van der Waals surface area contributed by atoms with Crippen molar-refractivity contribution in [3.8, 4) is 0 Å². The Balaban J connectivity index is 2.17. The molecule has 0 aromatic carbocycles. The lowest BCUT2D eigenvalue weighted by Gasteiger charge is -2.19. The highest BCUT2D eigenvalue weighted by molar-refractivity contribution is 7.11. The van der Waals surface area contributed by atoms with Crippen LogP contribution in [-0.4, -0.2) is 23.3 Å². The number of rotatable bonds is 2. The quantitative estimate of drug-likeness (QED) is 0.843. The molecule has 0 radical (unpaired) electrons. The van der Waals surface area contributed by atoms with Crippen LogP contribution in [0.2, 0.25) is 0 Å². The van der Waals surface area contributed by atoms with Crippen LogP contribution in [0.1, 0.15) is 47.4 Å². The fourth-order valence-corrected chi connectivity index (χ4v) is 3.05. The number of aryl methyl sites for hydroxylation is 1. The maximum Gasteiger partial charge on any atom is 0.0985 e. The molecule has 1 aliphatic rings. The zero-order valence-corrected chi connectivity index (χ0v) is 10.0. The van der Waals surface area contributed by atoms with Gasteiger partial charge in [0.25, 0.3) is 0 Å². The Bertz CT molecular complexity index is 329. The topological polar surface area (TPSA) is 42.4 Å². The SMILES string of the molecule is Cc1nc(C2CCCOC2)sc1C(C)O. The number of nitrogens with zero attached hydrogens (tertiary/aromatic N) is 1. The second-order valence-electron chi connectivity index (χ2n) is 4.09. The van der Waals surface area contributed by atoms with Crippen LogP contribution in [0.5, 0.6) is 0 Å². The summed E-state index contributed by atoms with van der Waals surface area (Å²) in [5.41, 5.74) is 0.968. The molecule has 2 heterocycles. The average molecular weight is 227 g/mol. The van der Waals surface area contributed by atoms with Gasteiger partial charge in [-0.05, 0) is 26.7 Å². The summed E-state index contributed by atoms with van der Waals surface area (Å²) in [5, 5.41) is 10.7. The van der Waals surface area contributed by atoms with Gasteiger partial charge in [0.2, 0.25) is 0 Å². The highest BCUT2D eigenvalue weighted by Crippen LogP contribution is 2.33. The fraction of sp³-hybridized carbons (Fsp3) is 0.727. The summed E-state index contributed by atoms with van der Waals surface area (Å²) in [5.74, 6) is 0.440. The van der Waals surface area contributed by atoms with Crippen LogP contribution >= 0.6 is 11.3 Å². The molecule has 2 rings (SSSR count). The lowest BCUT2D eigenvalue weighted by molar-refractivity contribution is 0.0803. The van der Waals surface area contributed by atoms with Gasteiger partial charge in [-0.2, -0.15) is 0 Å². The molecule has 0 aliphatic carbocycles. The van der Waals surface area contributed by atoms with E-state index in [9.17, 15) is 5.11 Å². The Labute approximate surface area is 94.1 Å². The number of thiazole rings is 1. The molecular formula is C11H17NO2S. The van der Waals surface area contributed by atoms with Crippen LogP contribution in [0.15, 0.2) is 0 Å². The third-order valence-corrected chi connectivity index (χ3v) is 4.23. The van der Waals surface area contributed by atoms with Gasteiger partial charge in [0, 0.05) is 12.5 Å². The fourth-order valence-electron chi connectivity index (χ4n) is 1.93. The summed E-state index contributed by atoms with van der Waals surface area (Å²) >= 11 is 1.63. The van der Waals surface area contributed by atoms with Gasteiger partial charge in [-0.15, -0.1) is 11.3 Å². The molecule has 15 heavy (non-hydrogen) atoms. The van der Waals surface area contributed by atoms with Gasteiger partial charge in [0.05, 0.1) is 28.3 Å². The minimum absolute atomic E-state index is 0.402. The minimum Gasteiger partial charge on any atom is -0.388 e. The van der Waals surface area contributed by atoms with E-state index >= 15 is 0 Å². The Kier molecular flexibility index (Phi) is 3.38. The molecule has 1 N–H and O–H groups in total. The first kappa shape index (κ1) is 11.0. The van der Waals surface area contributed by atoms with Gasteiger partial charge in [0.1, 0.15) is 0 Å². The van der Waals surface area contributed by atoms with Crippen LogP contribution in [0, 0.1) is 6.92 Å². The third kappa shape index (κ3) is 2.38. The lowest BCUT2D eigenvalue weighted by atomic mass is 10.0. The molecule has 4 heteroatoms. The van der Waals surface area contributed by atoms with Crippen LogP contribution in [0.4, 0.5) is 0 Å². The van der Waals surface area contributed by atoms with E-state index in [1.165, 1.54) is 0 Å². The predicted molar refractivity (Wildman–Crippen MR) is 60.3 cm³/mol. The second-order valence-corrected chi connectivity index (χ2v) is 5.15. The monoisotopic (exact) mass is 227 g/mol. The zero-order valence-electron chi connectivity index (χ0n) is 9.19. The van der Waals surface area contributed by atoms with Crippen LogP contribution in [-0.2, 0) is 4.74 Å². The maximum absolute atomic E-state index is 9.56. The highest BCUT2D eigenvalue weighted by atomic mass is 32.1. The maximum atomic E-state index is 9.56. The molecule has 1 aromatic heterocycles. The molecule has 0 spiro atoms. The van der Waals surface area contributed by atoms with Crippen LogP contribution in [0.3, 0.4) is 0 Å². The van der Waals surface area contributed by atoms with Crippen molar-refractivity contribution >= 4 is 11.3 Å². The molecule has 0 bridgehead atoms. The summed E-state index contributed by atoms with van der Waals surface area (Å²) in [7, 11) is 0. The molecule has 0 saturated carbocycles. The van der Waals surface area contributed by atoms with Gasteiger partial charge < -0.3 is 9.84 Å². The normalized spacial score (nSPS) is 24.1. The van der Waals surface area contributed by atoms with E-state index in [1.807, 2.05) is 6.92 Å². The molecule has 0 amide bonds. The largest absolute Gasteiger partial charge is 0.388 e. The van der Waals surface area contributed by atoms with Crippen molar-refractivity contribution < 1.29 is 9.84 Å². The summed E-state index contributed by atoms with van der Waals surface area (Å²) in [6.45, 7) is 5.42. The van der Waals surface area contributed by atoms with Crippen molar-refractivity contribution in [1.82, 2.24) is 4.98 Å². The minimum atomic E-state index is -0.402. The molecule has 84 valence electrons. The summed E-state index contributed by atoms with van der Waals surface area (Å²) in [6, 6.07) is 0. The molecule has 1 saturated heterocycles. The average Bonchev–Trinajstić information content (AvgIpc) is 2.62. The van der Waals surface area contributed by atoms with E-state index in [4.69, 9.17) is 4.74 Å². The molecule has 1 aliphatic heterocycles. The van der Waals surface area contributed by atoms with Gasteiger partial charge in [0.15, 0.2) is 0 Å². The number of aromatic nitrogens is 1. The van der Waals surface area contributed by atoms with Crippen molar-refractivity contribution in [2.45, 2.75) is 38.7 Å². The van der Waals surface area contributed by atoms with Gasteiger partial charge in [-0.25, -0.2) is 4.98 Å². The van der Waals surface area contributed by atoms with Crippen LogP contribution < -0.4 is 0 Å². The molecule has 2 atom stereocenters. The Morgan fingerprint density at radius 2 is 2.40 bits per heavy atom. The number of hydrogen-bond donors (Lipinski definition) is 1. The van der Waals surface area contributed by atoms with Crippen molar-refractivity contribution in [2.75, 3.05) is 13.2 Å². The third-order valence-electron chi connectivity index (χ3n) is 2.74. The van der Waals surface area contributed by atoms with Crippen molar-refractivity contribution in [1.29, 1.82) is 0 Å². The number of aliphatic hydroxyl groups excluding tert-OH is 1. The van der Waals surface area contributed by atoms with E-state index in [-0.39, 0.29) is 0 Å². The Morgan fingerprint density at radius 3 is 2.93 bits per heavy atom. The smallest absolute Gasteiger partial charge is 0.0985 e. The molecule has 2 unspecified atom stereocenters. The molecule has 3 nitrogen and oxygen atoms in total. The Morgan fingerprint density at radius 1 is 1.60 bits per heavy atom. The second kappa shape index (κ2) is 4.60. The Hall–Kier alpha value is -0.450. The first-order valence-corrected chi connectivity index (χ1v) is 6.23. The number of aliphatic hydroxyl groups is 1. The van der Waals surface area contributed by atoms with Gasteiger partial charge in [-0.3, -0.25) is 0 Å². The summed E-state index contributed by atoms with van der Waals surface area (Å²) in [4.78, 5) is 5.53. The predicted octanol–water partition coefficient (Wildman–Crippen LogP) is 2.40. The summed E-state index contributed by atoms with van der Waals surface area (Å²) in [6.07, 6.45) is 1.88. The molecule has 1 aromatic rings. The van der Waals surface area contributed by atoms with Crippen LogP contribution in [0.25, 0.3) is 0 Å². The highest BCUT2D eigenvalue weighted by Gasteiger charge is 2.21. The standard InChI is InChI=1S/C11H17NO2S/c1-7-10(8(2)13)15-11(12-7)9-4-3-5-14-6-9/h8-9,13H,3-6H2,1-2H3. The van der Waals surface area contributed by atoms with Crippen molar-refractivity contribution in [2.24, 2.45) is 0 Å². The number of ether oxygens (including phenoxy) is 1. The lowest BCUT2D eigenvalue weighted by Crippen LogP contribution is -2.15. The molecule has 1 fully saturated rings. The van der Waals surface area contributed by atoms with Crippen molar-refractivity contribution in [3.63, 3.8) is 0 Å². The van der Waals surface area contributed by atoms with E-state index in [0.717, 1.165) is 41.6 Å². The van der Waals surface area contributed by atoms with E-state index in [0.29, 0.717) is 5.92 Å². The van der Waals surface area contributed by atoms with Crippen molar-refractivity contribution in [3.05, 3.63) is 15.6 Å². The van der Waals surface area contributed by atoms with E-state index in [2.05, 4.69) is 4.98 Å². The first-order chi connectivity index (χ1) is 7.18. The first-order valence-electron chi connectivity index (χ1n) is 5.41. The van der Waals surface area contributed by atoms with Gasteiger partial charge >= 0.3 is 0 Å². The van der Waals surface area contributed by atoms with Gasteiger partial charge in [-0.1, -0.05) is 0 Å². The number of hydrogen-bond acceptors (Lipinski definition) is 4. The van der Waals surface area contributed by atoms with E-state index < -0.39 is 6.10 Å². The molecular weight excluding hydrogens is 210 g/mol.